The lowest BCUT2D eigenvalue weighted by molar-refractivity contribution is -0.113. The third-order valence-electron chi connectivity index (χ3n) is 2.95. The summed E-state index contributed by atoms with van der Waals surface area (Å²) in [6.45, 7) is 0. The summed E-state index contributed by atoms with van der Waals surface area (Å²) >= 11 is 14.6. The summed E-state index contributed by atoms with van der Waals surface area (Å²) in [7, 11) is 0. The number of hydrogen-bond donors (Lipinski definition) is 1. The molecule has 0 saturated heterocycles. The number of halogens is 2. The summed E-state index contributed by atoms with van der Waals surface area (Å²) in [4.78, 5) is 20.5. The normalized spacial score (nSPS) is 10.6. The van der Waals surface area contributed by atoms with Gasteiger partial charge in [0.05, 0.1) is 21.5 Å². The molecule has 0 aliphatic carbocycles. The molecule has 2 heterocycles. The lowest BCUT2D eigenvalue weighted by Crippen LogP contribution is -2.15. The van der Waals surface area contributed by atoms with E-state index in [1.54, 1.807) is 0 Å². The molecule has 24 heavy (non-hydrogen) atoms. The molecule has 0 fully saturated rings. The number of amides is 1. The molecule has 0 spiro atoms. The Morgan fingerprint density at radius 3 is 2.79 bits per heavy atom. The Kier molecular flexibility index (Phi) is 5.73. The van der Waals surface area contributed by atoms with Crippen molar-refractivity contribution in [3.63, 3.8) is 0 Å². The highest BCUT2D eigenvalue weighted by Gasteiger charge is 2.10. The van der Waals surface area contributed by atoms with E-state index < -0.39 is 0 Å². The fourth-order valence-corrected chi connectivity index (χ4v) is 3.93. The maximum atomic E-state index is 12.0. The van der Waals surface area contributed by atoms with Gasteiger partial charge in [-0.3, -0.25) is 4.79 Å². The molecule has 1 aromatic carbocycles. The van der Waals surface area contributed by atoms with E-state index in [-0.39, 0.29) is 11.7 Å². The second-order valence-electron chi connectivity index (χ2n) is 4.69. The van der Waals surface area contributed by atoms with E-state index in [1.807, 2.05) is 35.7 Å². The second kappa shape index (κ2) is 7.98. The van der Waals surface area contributed by atoms with Crippen molar-refractivity contribution in [2.24, 2.45) is 0 Å². The van der Waals surface area contributed by atoms with Gasteiger partial charge < -0.3 is 5.32 Å². The summed E-state index contributed by atoms with van der Waals surface area (Å²) in [5, 5.41) is 5.37. The number of nitrogens with one attached hydrogen (secondary N) is 1. The summed E-state index contributed by atoms with van der Waals surface area (Å²) in [6, 6.07) is 11.4. The van der Waals surface area contributed by atoms with E-state index >= 15 is 0 Å². The quantitative estimate of drug-likeness (QED) is 0.599. The highest BCUT2D eigenvalue weighted by Crippen LogP contribution is 2.28. The fourth-order valence-electron chi connectivity index (χ4n) is 1.87. The van der Waals surface area contributed by atoms with Crippen LogP contribution >= 0.6 is 46.3 Å². The molecule has 0 unspecified atom stereocenters. The topological polar surface area (TPSA) is 54.9 Å². The maximum Gasteiger partial charge on any atom is 0.236 e. The van der Waals surface area contributed by atoms with Crippen molar-refractivity contribution in [2.45, 2.75) is 4.34 Å². The fraction of sp³-hybridized carbons (Fsp3) is 0.0625. The number of carbonyl (C=O) groups excluding carboxylic acids is 1. The molecular formula is C16H11Cl2N3OS2. The molecule has 0 aliphatic heterocycles. The van der Waals surface area contributed by atoms with Crippen LogP contribution in [0.5, 0.6) is 0 Å². The van der Waals surface area contributed by atoms with Gasteiger partial charge in [-0.1, -0.05) is 65.3 Å². The summed E-state index contributed by atoms with van der Waals surface area (Å²) in [6.07, 6.45) is 1.43. The van der Waals surface area contributed by atoms with Gasteiger partial charge in [0.25, 0.3) is 0 Å². The van der Waals surface area contributed by atoms with Crippen LogP contribution < -0.4 is 5.32 Å². The number of rotatable bonds is 5. The number of pyridine rings is 1. The first-order valence-electron chi connectivity index (χ1n) is 6.86. The number of carbonyl (C=O) groups is 1. The van der Waals surface area contributed by atoms with Gasteiger partial charge in [-0.05, 0) is 6.07 Å². The monoisotopic (exact) mass is 395 g/mol. The maximum absolute atomic E-state index is 12.0. The predicted octanol–water partition coefficient (Wildman–Crippen LogP) is 5.24. The Labute approximate surface area is 157 Å². The summed E-state index contributed by atoms with van der Waals surface area (Å²) in [5.41, 5.74) is 1.97. The van der Waals surface area contributed by atoms with Crippen LogP contribution in [0.2, 0.25) is 10.0 Å². The highest BCUT2D eigenvalue weighted by molar-refractivity contribution is 8.01. The zero-order valence-corrected chi connectivity index (χ0v) is 15.3. The van der Waals surface area contributed by atoms with Crippen molar-refractivity contribution in [3.8, 4) is 11.3 Å². The molecule has 3 rings (SSSR count). The van der Waals surface area contributed by atoms with E-state index in [1.165, 1.54) is 35.4 Å². The molecule has 8 heteroatoms. The first-order valence-corrected chi connectivity index (χ1v) is 9.48. The molecule has 0 bridgehead atoms. The molecule has 3 aromatic rings. The SMILES string of the molecule is O=C(CSc1nc(-c2ccccc2)cs1)Nc1ncc(Cl)cc1Cl. The summed E-state index contributed by atoms with van der Waals surface area (Å²) < 4.78 is 0.833. The molecule has 0 aliphatic rings. The minimum Gasteiger partial charge on any atom is -0.309 e. The largest absolute Gasteiger partial charge is 0.309 e. The number of benzene rings is 1. The van der Waals surface area contributed by atoms with Crippen molar-refractivity contribution < 1.29 is 4.79 Å². The van der Waals surface area contributed by atoms with E-state index in [9.17, 15) is 4.79 Å². The zero-order chi connectivity index (χ0) is 16.9. The van der Waals surface area contributed by atoms with E-state index in [4.69, 9.17) is 23.2 Å². The number of aromatic nitrogens is 2. The molecule has 2 aromatic heterocycles. The van der Waals surface area contributed by atoms with Gasteiger partial charge in [0.15, 0.2) is 10.2 Å². The van der Waals surface area contributed by atoms with Crippen LogP contribution in [0.3, 0.4) is 0 Å². The van der Waals surface area contributed by atoms with Crippen LogP contribution in [0.25, 0.3) is 11.3 Å². The molecule has 1 amide bonds. The number of thiazole rings is 1. The van der Waals surface area contributed by atoms with Crippen LogP contribution in [0, 0.1) is 0 Å². The summed E-state index contributed by atoms with van der Waals surface area (Å²) in [5.74, 6) is 0.325. The molecule has 122 valence electrons. The number of thioether (sulfide) groups is 1. The first-order chi connectivity index (χ1) is 11.6. The molecular weight excluding hydrogens is 385 g/mol. The van der Waals surface area contributed by atoms with Crippen LogP contribution in [-0.2, 0) is 4.79 Å². The highest BCUT2D eigenvalue weighted by atomic mass is 35.5. The third kappa shape index (κ3) is 4.48. The minimum absolute atomic E-state index is 0.201. The van der Waals surface area contributed by atoms with Gasteiger partial charge in [0.1, 0.15) is 0 Å². The van der Waals surface area contributed by atoms with E-state index in [0.717, 1.165) is 15.6 Å². The first kappa shape index (κ1) is 17.2. The van der Waals surface area contributed by atoms with Gasteiger partial charge in [-0.2, -0.15) is 0 Å². The lowest BCUT2D eigenvalue weighted by atomic mass is 10.2. The van der Waals surface area contributed by atoms with Crippen LogP contribution in [-0.4, -0.2) is 21.6 Å². The van der Waals surface area contributed by atoms with Crippen molar-refractivity contribution >= 4 is 58.0 Å². The number of nitrogens with zero attached hydrogens (tertiary/aromatic N) is 2. The minimum atomic E-state index is -0.201. The van der Waals surface area contributed by atoms with Crippen molar-refractivity contribution in [3.05, 3.63) is 58.0 Å². The molecule has 0 atom stereocenters. The number of anilines is 1. The van der Waals surface area contributed by atoms with Crippen molar-refractivity contribution in [2.75, 3.05) is 11.1 Å². The Balaban J connectivity index is 1.58. The van der Waals surface area contributed by atoms with Gasteiger partial charge in [0, 0.05) is 17.1 Å². The van der Waals surface area contributed by atoms with Crippen molar-refractivity contribution in [1.29, 1.82) is 0 Å². The van der Waals surface area contributed by atoms with Crippen molar-refractivity contribution in [1.82, 2.24) is 9.97 Å². The average Bonchev–Trinajstić information content (AvgIpc) is 3.05. The van der Waals surface area contributed by atoms with Gasteiger partial charge in [-0.15, -0.1) is 11.3 Å². The lowest BCUT2D eigenvalue weighted by Gasteiger charge is -2.05. The van der Waals surface area contributed by atoms with E-state index in [0.29, 0.717) is 15.9 Å². The Morgan fingerprint density at radius 2 is 2.04 bits per heavy atom. The molecule has 4 nitrogen and oxygen atoms in total. The van der Waals surface area contributed by atoms with Crippen LogP contribution in [0.15, 0.2) is 52.3 Å². The molecule has 0 radical (unpaired) electrons. The Hall–Kier alpha value is -1.60. The van der Waals surface area contributed by atoms with Crippen LogP contribution in [0.4, 0.5) is 5.82 Å². The van der Waals surface area contributed by atoms with E-state index in [2.05, 4.69) is 15.3 Å². The van der Waals surface area contributed by atoms with Gasteiger partial charge >= 0.3 is 0 Å². The second-order valence-corrected chi connectivity index (χ2v) is 7.61. The third-order valence-corrected chi connectivity index (χ3v) is 5.46. The number of hydrogen-bond acceptors (Lipinski definition) is 5. The predicted molar refractivity (Wildman–Crippen MR) is 101 cm³/mol. The zero-order valence-electron chi connectivity index (χ0n) is 12.2. The van der Waals surface area contributed by atoms with Crippen LogP contribution in [0.1, 0.15) is 0 Å². The molecule has 1 N–H and O–H groups in total. The standard InChI is InChI=1S/C16H11Cl2N3OS2/c17-11-6-12(18)15(19-7-11)21-14(22)9-24-16-20-13(8-23-16)10-4-2-1-3-5-10/h1-8H,9H2,(H,19,21,22). The smallest absolute Gasteiger partial charge is 0.236 e. The van der Waals surface area contributed by atoms with Gasteiger partial charge in [0.2, 0.25) is 5.91 Å². The Bertz CT molecular complexity index is 856. The van der Waals surface area contributed by atoms with Gasteiger partial charge in [-0.25, -0.2) is 9.97 Å². The average molecular weight is 396 g/mol. The molecule has 0 saturated carbocycles. The Morgan fingerprint density at radius 1 is 1.25 bits per heavy atom.